The van der Waals surface area contributed by atoms with Gasteiger partial charge in [-0.2, -0.15) is 0 Å². The summed E-state index contributed by atoms with van der Waals surface area (Å²) in [7, 11) is 0. The molecule has 7 nitrogen and oxygen atoms in total. The fraction of sp³-hybridized carbons (Fsp3) is 0.0968. The van der Waals surface area contributed by atoms with Gasteiger partial charge in [-0.1, -0.05) is 61.7 Å². The Balaban J connectivity index is 1.85. The van der Waals surface area contributed by atoms with E-state index < -0.39 is 6.10 Å². The van der Waals surface area contributed by atoms with Crippen LogP contribution in [0.3, 0.4) is 0 Å². The number of benzene rings is 1. The predicted octanol–water partition coefficient (Wildman–Crippen LogP) is 5.86. The molecule has 1 aromatic carbocycles. The Morgan fingerprint density at radius 2 is 1.68 bits per heavy atom. The van der Waals surface area contributed by atoms with Gasteiger partial charge in [0.25, 0.3) is 11.8 Å². The third kappa shape index (κ3) is 8.27. The summed E-state index contributed by atoms with van der Waals surface area (Å²) in [5.41, 5.74) is 2.93. The van der Waals surface area contributed by atoms with Crippen LogP contribution in [0.1, 0.15) is 29.8 Å². The number of nitrogens with one attached hydrogen (secondary N) is 2. The van der Waals surface area contributed by atoms with Crippen molar-refractivity contribution >= 4 is 23.4 Å². The Labute approximate surface area is 223 Å². The molecule has 0 aliphatic carbocycles. The van der Waals surface area contributed by atoms with E-state index in [0.717, 1.165) is 5.56 Å². The second-order valence-corrected chi connectivity index (χ2v) is 8.26. The lowest BCUT2D eigenvalue weighted by molar-refractivity contribution is -0.112. The number of carbonyl (C=O) groups excluding carboxylic acids is 2. The zero-order chi connectivity index (χ0) is 27.3. The Morgan fingerprint density at radius 1 is 0.947 bits per heavy atom. The number of aromatic nitrogens is 2. The molecule has 0 aliphatic rings. The van der Waals surface area contributed by atoms with Gasteiger partial charge < -0.3 is 15.4 Å². The van der Waals surface area contributed by atoms with E-state index in [1.54, 1.807) is 80.9 Å². The van der Waals surface area contributed by atoms with Crippen LogP contribution in [-0.2, 0) is 9.53 Å². The molecule has 0 saturated heterocycles. The molecule has 0 radical (unpaired) electrons. The van der Waals surface area contributed by atoms with E-state index in [4.69, 9.17) is 4.74 Å². The van der Waals surface area contributed by atoms with Gasteiger partial charge in [0.05, 0.1) is 5.56 Å². The summed E-state index contributed by atoms with van der Waals surface area (Å²) in [5, 5.41) is 5.60. The largest absolute Gasteiger partial charge is 0.482 e. The summed E-state index contributed by atoms with van der Waals surface area (Å²) in [5.74, 6) is 0.288. The molecule has 2 heterocycles. The number of allylic oxidation sites excluding steroid dienone is 3. The van der Waals surface area contributed by atoms with Crippen molar-refractivity contribution in [3.05, 3.63) is 145 Å². The number of ether oxygens (including phenoxy) is 1. The van der Waals surface area contributed by atoms with Crippen LogP contribution in [-0.4, -0.2) is 27.9 Å². The van der Waals surface area contributed by atoms with Crippen LogP contribution >= 0.6 is 0 Å². The summed E-state index contributed by atoms with van der Waals surface area (Å²) in [6.45, 7) is 11.5. The van der Waals surface area contributed by atoms with Crippen LogP contribution in [0, 0.1) is 0 Å². The van der Waals surface area contributed by atoms with Gasteiger partial charge in [-0.25, -0.2) is 4.98 Å². The summed E-state index contributed by atoms with van der Waals surface area (Å²) in [6, 6.07) is 18.1. The standard InChI is InChI=1S/C31H30N4O3/c1-5-25(17-16-23(3)34-31(37)27-14-11-18-32-21-27)28(38-24(4)26-12-7-6-8-13-26)20-22(2)30(36)35-29-15-9-10-19-33-29/h5-21,28H,1,4H2,2-3H3,(H,34,37)(H,33,35,36)/b22-20?,23-16+,25-17+. The van der Waals surface area contributed by atoms with E-state index in [9.17, 15) is 9.59 Å². The molecule has 1 atom stereocenters. The second-order valence-electron chi connectivity index (χ2n) is 8.26. The molecular weight excluding hydrogens is 476 g/mol. The van der Waals surface area contributed by atoms with Crippen molar-refractivity contribution in [2.24, 2.45) is 0 Å². The first kappa shape index (κ1) is 27.5. The van der Waals surface area contributed by atoms with Crippen molar-refractivity contribution in [2.75, 3.05) is 5.32 Å². The number of amides is 2. The quantitative estimate of drug-likeness (QED) is 0.193. The number of hydrogen-bond acceptors (Lipinski definition) is 5. The van der Waals surface area contributed by atoms with Crippen LogP contribution in [0.25, 0.3) is 5.76 Å². The maximum absolute atomic E-state index is 12.8. The molecule has 38 heavy (non-hydrogen) atoms. The van der Waals surface area contributed by atoms with E-state index in [0.29, 0.717) is 34.0 Å². The first-order valence-corrected chi connectivity index (χ1v) is 11.9. The molecule has 2 amide bonds. The molecule has 0 aliphatic heterocycles. The van der Waals surface area contributed by atoms with E-state index in [2.05, 4.69) is 33.8 Å². The lowest BCUT2D eigenvalue weighted by atomic mass is 10.0. The molecule has 192 valence electrons. The minimum atomic E-state index is -0.687. The van der Waals surface area contributed by atoms with E-state index in [1.165, 1.54) is 6.20 Å². The number of pyridine rings is 2. The Bertz CT molecular complexity index is 1360. The van der Waals surface area contributed by atoms with E-state index in [1.807, 2.05) is 30.3 Å². The van der Waals surface area contributed by atoms with Crippen LogP contribution in [0.5, 0.6) is 0 Å². The average molecular weight is 507 g/mol. The number of rotatable bonds is 11. The summed E-state index contributed by atoms with van der Waals surface area (Å²) in [6.07, 6.45) is 10.9. The van der Waals surface area contributed by atoms with Crippen LogP contribution in [0.15, 0.2) is 134 Å². The van der Waals surface area contributed by atoms with Gasteiger partial charge in [0.15, 0.2) is 0 Å². The van der Waals surface area contributed by atoms with Crippen molar-refractivity contribution in [3.8, 4) is 0 Å². The van der Waals surface area contributed by atoms with Crippen molar-refractivity contribution in [1.29, 1.82) is 0 Å². The monoisotopic (exact) mass is 506 g/mol. The average Bonchev–Trinajstić information content (AvgIpc) is 2.94. The van der Waals surface area contributed by atoms with Crippen LogP contribution in [0.2, 0.25) is 0 Å². The van der Waals surface area contributed by atoms with Crippen molar-refractivity contribution < 1.29 is 14.3 Å². The third-order valence-electron chi connectivity index (χ3n) is 5.36. The van der Waals surface area contributed by atoms with Crippen molar-refractivity contribution in [1.82, 2.24) is 15.3 Å². The fourth-order valence-corrected chi connectivity index (χ4v) is 3.29. The van der Waals surface area contributed by atoms with Gasteiger partial charge in [-0.05, 0) is 55.8 Å². The Hall–Kier alpha value is -5.04. The lowest BCUT2D eigenvalue weighted by Crippen LogP contribution is -2.21. The van der Waals surface area contributed by atoms with Gasteiger partial charge >= 0.3 is 0 Å². The van der Waals surface area contributed by atoms with Gasteiger partial charge in [-0.15, -0.1) is 0 Å². The topological polar surface area (TPSA) is 93.2 Å². The second kappa shape index (κ2) is 13.9. The lowest BCUT2D eigenvalue weighted by Gasteiger charge is -2.20. The number of nitrogens with zero attached hydrogens (tertiary/aromatic N) is 2. The Morgan fingerprint density at radius 3 is 2.34 bits per heavy atom. The zero-order valence-corrected chi connectivity index (χ0v) is 21.4. The summed E-state index contributed by atoms with van der Waals surface area (Å²) in [4.78, 5) is 33.4. The third-order valence-corrected chi connectivity index (χ3v) is 5.36. The summed E-state index contributed by atoms with van der Waals surface area (Å²) < 4.78 is 6.21. The molecule has 2 aromatic heterocycles. The molecule has 0 fully saturated rings. The van der Waals surface area contributed by atoms with Crippen LogP contribution in [0.4, 0.5) is 5.82 Å². The molecule has 3 aromatic rings. The summed E-state index contributed by atoms with van der Waals surface area (Å²) >= 11 is 0. The van der Waals surface area contributed by atoms with Gasteiger partial charge in [-0.3, -0.25) is 14.6 Å². The number of anilines is 1. The molecule has 0 saturated carbocycles. The maximum atomic E-state index is 12.8. The smallest absolute Gasteiger partial charge is 0.256 e. The highest BCUT2D eigenvalue weighted by Gasteiger charge is 2.16. The molecule has 0 bridgehead atoms. The predicted molar refractivity (Wildman–Crippen MR) is 151 cm³/mol. The first-order valence-electron chi connectivity index (χ1n) is 11.9. The van der Waals surface area contributed by atoms with Gasteiger partial charge in [0.2, 0.25) is 0 Å². The first-order chi connectivity index (χ1) is 18.4. The normalized spacial score (nSPS) is 12.7. The van der Waals surface area contributed by atoms with Crippen molar-refractivity contribution in [2.45, 2.75) is 20.0 Å². The molecule has 7 heteroatoms. The molecular formula is C31H30N4O3. The minimum Gasteiger partial charge on any atom is -0.482 e. The van der Waals surface area contributed by atoms with Gasteiger partial charge in [0.1, 0.15) is 17.7 Å². The Kier molecular flexibility index (Phi) is 10.1. The molecule has 2 N–H and O–H groups in total. The number of hydrogen-bond donors (Lipinski definition) is 2. The highest BCUT2D eigenvalue weighted by atomic mass is 16.5. The van der Waals surface area contributed by atoms with Crippen molar-refractivity contribution in [3.63, 3.8) is 0 Å². The SMILES string of the molecule is C=C/C(=C\C=C(/C)NC(=O)c1cccnc1)C(C=C(C)C(=O)Nc1ccccn1)OC(=C)c1ccccc1. The fourth-order valence-electron chi connectivity index (χ4n) is 3.29. The van der Waals surface area contributed by atoms with E-state index >= 15 is 0 Å². The maximum Gasteiger partial charge on any atom is 0.256 e. The molecule has 1 unspecified atom stereocenters. The minimum absolute atomic E-state index is 0.271. The number of carbonyl (C=O) groups is 2. The van der Waals surface area contributed by atoms with Crippen LogP contribution < -0.4 is 10.6 Å². The van der Waals surface area contributed by atoms with E-state index in [-0.39, 0.29) is 11.8 Å². The molecule has 0 spiro atoms. The highest BCUT2D eigenvalue weighted by Crippen LogP contribution is 2.22. The highest BCUT2D eigenvalue weighted by molar-refractivity contribution is 6.02. The van der Waals surface area contributed by atoms with Gasteiger partial charge in [0, 0.05) is 35.4 Å². The zero-order valence-electron chi connectivity index (χ0n) is 21.4. The molecule has 3 rings (SSSR count).